The normalized spacial score (nSPS) is 10.4. The van der Waals surface area contributed by atoms with Gasteiger partial charge in [-0.3, -0.25) is 0 Å². The number of halogens is 1. The van der Waals surface area contributed by atoms with E-state index in [2.05, 4.69) is 28.9 Å². The summed E-state index contributed by atoms with van der Waals surface area (Å²) in [5.41, 5.74) is 2.14. The molecule has 0 aliphatic carbocycles. The van der Waals surface area contributed by atoms with Crippen LogP contribution in [0.1, 0.15) is 30.9 Å². The molecule has 1 nitrogen and oxygen atoms in total. The Hall–Kier alpha value is -0.340. The van der Waals surface area contributed by atoms with Gasteiger partial charge in [0.25, 0.3) is 0 Å². The minimum Gasteiger partial charge on any atom is -0.385 e. The number of hydrogen-bond donors (Lipinski definition) is 1. The standard InChI is InChI=1S/C11H14BrO/c1-2-3-4-9-5-10(8-13)7-11(12)6-9/h5-8,13H,2-4H2,1H3. The fraction of sp³-hybridized carbons (Fsp3) is 0.364. The van der Waals surface area contributed by atoms with Gasteiger partial charge in [0.05, 0.1) is 0 Å². The molecule has 71 valence electrons. The van der Waals surface area contributed by atoms with Gasteiger partial charge in [0, 0.05) is 4.47 Å². The van der Waals surface area contributed by atoms with E-state index < -0.39 is 0 Å². The van der Waals surface area contributed by atoms with Gasteiger partial charge in [-0.25, -0.2) is 0 Å². The number of benzene rings is 1. The van der Waals surface area contributed by atoms with Crippen LogP contribution in [0.5, 0.6) is 0 Å². The predicted octanol–water partition coefficient (Wildman–Crippen LogP) is 3.67. The molecule has 1 N–H and O–H groups in total. The van der Waals surface area contributed by atoms with Crippen LogP contribution in [0, 0.1) is 6.61 Å². The summed E-state index contributed by atoms with van der Waals surface area (Å²) < 4.78 is 1.03. The molecule has 0 spiro atoms. The van der Waals surface area contributed by atoms with Crippen molar-refractivity contribution in [3.63, 3.8) is 0 Å². The second kappa shape index (κ2) is 5.40. The van der Waals surface area contributed by atoms with E-state index in [1.807, 2.05) is 12.1 Å². The molecular weight excluding hydrogens is 228 g/mol. The number of unbranched alkanes of at least 4 members (excludes halogenated alkanes) is 1. The van der Waals surface area contributed by atoms with Crippen LogP contribution in [0.15, 0.2) is 22.7 Å². The second-order valence-electron chi connectivity index (χ2n) is 3.13. The van der Waals surface area contributed by atoms with Gasteiger partial charge in [0.15, 0.2) is 0 Å². The molecule has 0 aliphatic rings. The average Bonchev–Trinajstić information content (AvgIpc) is 2.14. The van der Waals surface area contributed by atoms with E-state index in [0.717, 1.165) is 23.1 Å². The summed E-state index contributed by atoms with van der Waals surface area (Å²) in [5.74, 6) is 0. The maximum atomic E-state index is 8.87. The van der Waals surface area contributed by atoms with Gasteiger partial charge in [0.1, 0.15) is 6.61 Å². The van der Waals surface area contributed by atoms with E-state index >= 15 is 0 Å². The number of aliphatic hydroxyl groups is 1. The molecule has 0 fully saturated rings. The molecule has 1 aromatic carbocycles. The second-order valence-corrected chi connectivity index (χ2v) is 4.04. The van der Waals surface area contributed by atoms with Gasteiger partial charge in [-0.15, -0.1) is 0 Å². The maximum Gasteiger partial charge on any atom is 0.109 e. The van der Waals surface area contributed by atoms with Gasteiger partial charge >= 0.3 is 0 Å². The van der Waals surface area contributed by atoms with Gasteiger partial charge in [-0.05, 0) is 36.1 Å². The van der Waals surface area contributed by atoms with Crippen molar-refractivity contribution in [3.8, 4) is 0 Å². The average molecular weight is 242 g/mol. The topological polar surface area (TPSA) is 20.2 Å². The molecule has 0 unspecified atom stereocenters. The lowest BCUT2D eigenvalue weighted by atomic mass is 10.1. The first-order valence-corrected chi connectivity index (χ1v) is 5.32. The van der Waals surface area contributed by atoms with Crippen LogP contribution >= 0.6 is 15.9 Å². The molecular formula is C11H14BrO. The van der Waals surface area contributed by atoms with Crippen LogP contribution < -0.4 is 0 Å². The Labute approximate surface area is 87.9 Å². The highest BCUT2D eigenvalue weighted by Gasteiger charge is 1.98. The molecule has 0 heterocycles. The quantitative estimate of drug-likeness (QED) is 0.853. The molecule has 1 radical (unpaired) electrons. The van der Waals surface area contributed by atoms with E-state index in [1.165, 1.54) is 18.4 Å². The Bertz CT molecular complexity index is 271. The molecule has 0 amide bonds. The van der Waals surface area contributed by atoms with Crippen molar-refractivity contribution in [1.29, 1.82) is 0 Å². The highest BCUT2D eigenvalue weighted by Crippen LogP contribution is 2.18. The van der Waals surface area contributed by atoms with Gasteiger partial charge in [-0.2, -0.15) is 0 Å². The third-order valence-electron chi connectivity index (χ3n) is 1.95. The smallest absolute Gasteiger partial charge is 0.109 e. The predicted molar refractivity (Wildman–Crippen MR) is 58.1 cm³/mol. The number of aryl methyl sites for hydroxylation is 1. The molecule has 0 saturated heterocycles. The lowest BCUT2D eigenvalue weighted by Crippen LogP contribution is -1.88. The molecule has 0 aromatic heterocycles. The summed E-state index contributed by atoms with van der Waals surface area (Å²) in [6, 6.07) is 6.01. The van der Waals surface area contributed by atoms with Crippen molar-refractivity contribution < 1.29 is 5.11 Å². The largest absolute Gasteiger partial charge is 0.385 e. The fourth-order valence-corrected chi connectivity index (χ4v) is 1.83. The Morgan fingerprint density at radius 3 is 2.77 bits per heavy atom. The van der Waals surface area contributed by atoms with Crippen molar-refractivity contribution in [2.24, 2.45) is 0 Å². The lowest BCUT2D eigenvalue weighted by molar-refractivity contribution is 0.414. The molecule has 1 rings (SSSR count). The van der Waals surface area contributed by atoms with Gasteiger partial charge in [-0.1, -0.05) is 35.3 Å². The van der Waals surface area contributed by atoms with Crippen molar-refractivity contribution >= 4 is 15.9 Å². The number of aliphatic hydroxyl groups excluding tert-OH is 1. The van der Waals surface area contributed by atoms with Crippen molar-refractivity contribution in [2.45, 2.75) is 26.2 Å². The van der Waals surface area contributed by atoms with Crippen molar-refractivity contribution in [2.75, 3.05) is 0 Å². The third kappa shape index (κ3) is 3.49. The van der Waals surface area contributed by atoms with E-state index in [-0.39, 0.29) is 0 Å². The molecule has 1 aromatic rings. The molecule has 0 bridgehead atoms. The highest BCUT2D eigenvalue weighted by molar-refractivity contribution is 9.10. The summed E-state index contributed by atoms with van der Waals surface area (Å²) in [6.07, 6.45) is 3.47. The van der Waals surface area contributed by atoms with Crippen LogP contribution in [0.4, 0.5) is 0 Å². The van der Waals surface area contributed by atoms with Gasteiger partial charge < -0.3 is 5.11 Å². The van der Waals surface area contributed by atoms with Crippen molar-refractivity contribution in [1.82, 2.24) is 0 Å². The molecule has 0 saturated carbocycles. The highest BCUT2D eigenvalue weighted by atomic mass is 79.9. The minimum atomic E-state index is 0.862. The van der Waals surface area contributed by atoms with E-state index in [0.29, 0.717) is 0 Å². The maximum absolute atomic E-state index is 8.87. The summed E-state index contributed by atoms with van der Waals surface area (Å²) >= 11 is 3.41. The Balaban J connectivity index is 2.76. The fourth-order valence-electron chi connectivity index (χ4n) is 1.28. The van der Waals surface area contributed by atoms with Crippen LogP contribution in [0.3, 0.4) is 0 Å². The first-order valence-electron chi connectivity index (χ1n) is 4.53. The zero-order valence-electron chi connectivity index (χ0n) is 7.76. The van der Waals surface area contributed by atoms with Crippen LogP contribution in [-0.4, -0.2) is 5.11 Å². The summed E-state index contributed by atoms with van der Waals surface area (Å²) in [6.45, 7) is 3.32. The zero-order valence-corrected chi connectivity index (χ0v) is 9.34. The molecule has 0 aliphatic heterocycles. The van der Waals surface area contributed by atoms with Gasteiger partial charge in [0.2, 0.25) is 0 Å². The monoisotopic (exact) mass is 241 g/mol. The lowest BCUT2D eigenvalue weighted by Gasteiger charge is -2.03. The van der Waals surface area contributed by atoms with Crippen LogP contribution in [0.25, 0.3) is 0 Å². The SMILES string of the molecule is CCCCc1cc(Br)cc([CH]O)c1. The number of hydrogen-bond acceptors (Lipinski definition) is 1. The Kier molecular flexibility index (Phi) is 4.46. The minimum absolute atomic E-state index is 0.862. The van der Waals surface area contributed by atoms with E-state index in [4.69, 9.17) is 5.11 Å². The van der Waals surface area contributed by atoms with Crippen LogP contribution in [0.2, 0.25) is 0 Å². The van der Waals surface area contributed by atoms with E-state index in [1.54, 1.807) is 0 Å². The Morgan fingerprint density at radius 1 is 1.38 bits per heavy atom. The number of rotatable bonds is 4. The first kappa shape index (κ1) is 10.7. The zero-order chi connectivity index (χ0) is 9.68. The summed E-state index contributed by atoms with van der Waals surface area (Å²) in [5, 5.41) is 8.87. The molecule has 2 heteroatoms. The summed E-state index contributed by atoms with van der Waals surface area (Å²) in [4.78, 5) is 0. The Morgan fingerprint density at radius 2 is 2.15 bits per heavy atom. The molecule has 13 heavy (non-hydrogen) atoms. The molecule has 0 atom stereocenters. The third-order valence-corrected chi connectivity index (χ3v) is 2.41. The first-order chi connectivity index (χ1) is 6.26. The van der Waals surface area contributed by atoms with E-state index in [9.17, 15) is 0 Å². The van der Waals surface area contributed by atoms with Crippen molar-refractivity contribution in [3.05, 3.63) is 40.4 Å². The summed E-state index contributed by atoms with van der Waals surface area (Å²) in [7, 11) is 0. The van der Waals surface area contributed by atoms with Crippen LogP contribution in [-0.2, 0) is 6.42 Å².